The summed E-state index contributed by atoms with van der Waals surface area (Å²) < 4.78 is 36.2. The van der Waals surface area contributed by atoms with E-state index in [-0.39, 0.29) is 12.6 Å². The Balaban J connectivity index is 4.16. The van der Waals surface area contributed by atoms with Gasteiger partial charge in [-0.1, -0.05) is 0 Å². The van der Waals surface area contributed by atoms with Crippen molar-refractivity contribution in [2.75, 3.05) is 20.2 Å². The highest BCUT2D eigenvalue weighted by Gasteiger charge is 2.32. The van der Waals surface area contributed by atoms with Gasteiger partial charge in [0.15, 0.2) is 0 Å². The molecular formula is C9H19F3N2O. The predicted octanol–water partition coefficient (Wildman–Crippen LogP) is 0.969. The first kappa shape index (κ1) is 14.7. The number of aliphatic hydroxyl groups is 1. The Morgan fingerprint density at radius 1 is 1.40 bits per heavy atom. The van der Waals surface area contributed by atoms with E-state index in [0.29, 0.717) is 6.42 Å². The van der Waals surface area contributed by atoms with E-state index in [4.69, 9.17) is 10.8 Å². The summed E-state index contributed by atoms with van der Waals surface area (Å²) in [7, 11) is 1.39. The Kier molecular flexibility index (Phi) is 5.02. The number of nitrogens with zero attached hydrogens (tertiary/aromatic N) is 1. The van der Waals surface area contributed by atoms with E-state index < -0.39 is 18.3 Å². The molecule has 0 aromatic rings. The zero-order chi connectivity index (χ0) is 12.3. The van der Waals surface area contributed by atoms with Gasteiger partial charge in [0.25, 0.3) is 0 Å². The molecule has 0 aliphatic heterocycles. The molecule has 0 aliphatic rings. The standard InChI is InChI=1S/C9H19F3N2O/c1-7(4-8(2,13)6-15)14(3)5-9(10,11)12/h7,15H,4-6,13H2,1-3H3. The zero-order valence-corrected chi connectivity index (χ0v) is 9.30. The molecule has 0 bridgehead atoms. The van der Waals surface area contributed by atoms with Crippen molar-refractivity contribution in [2.45, 2.75) is 38.0 Å². The molecule has 92 valence electrons. The van der Waals surface area contributed by atoms with Crippen molar-refractivity contribution in [3.05, 3.63) is 0 Å². The molecule has 0 rings (SSSR count). The molecule has 2 unspecified atom stereocenters. The van der Waals surface area contributed by atoms with Crippen LogP contribution in [0.25, 0.3) is 0 Å². The lowest BCUT2D eigenvalue weighted by Gasteiger charge is -2.32. The zero-order valence-electron chi connectivity index (χ0n) is 9.30. The number of rotatable bonds is 5. The van der Waals surface area contributed by atoms with Crippen LogP contribution >= 0.6 is 0 Å². The van der Waals surface area contributed by atoms with Gasteiger partial charge in [0.1, 0.15) is 0 Å². The Labute approximate surface area is 88.0 Å². The van der Waals surface area contributed by atoms with E-state index in [1.165, 1.54) is 11.9 Å². The van der Waals surface area contributed by atoms with Crippen LogP contribution in [0.4, 0.5) is 13.2 Å². The van der Waals surface area contributed by atoms with Gasteiger partial charge in [-0.3, -0.25) is 4.90 Å². The van der Waals surface area contributed by atoms with Gasteiger partial charge in [0.05, 0.1) is 13.2 Å². The van der Waals surface area contributed by atoms with Crippen molar-refractivity contribution < 1.29 is 18.3 Å². The quantitative estimate of drug-likeness (QED) is 0.737. The van der Waals surface area contributed by atoms with Gasteiger partial charge in [0.2, 0.25) is 0 Å². The van der Waals surface area contributed by atoms with E-state index in [9.17, 15) is 13.2 Å². The monoisotopic (exact) mass is 228 g/mol. The lowest BCUT2D eigenvalue weighted by atomic mass is 9.95. The molecule has 0 aliphatic carbocycles. The van der Waals surface area contributed by atoms with Gasteiger partial charge in [-0.05, 0) is 27.3 Å². The van der Waals surface area contributed by atoms with Crippen LogP contribution in [0.2, 0.25) is 0 Å². The smallest absolute Gasteiger partial charge is 0.394 e. The summed E-state index contributed by atoms with van der Waals surface area (Å²) in [5, 5.41) is 8.89. The van der Waals surface area contributed by atoms with Crippen LogP contribution in [0.1, 0.15) is 20.3 Å². The molecule has 0 aromatic carbocycles. The maximum atomic E-state index is 12.1. The third-order valence-corrected chi connectivity index (χ3v) is 2.30. The minimum absolute atomic E-state index is 0.239. The fraction of sp³-hybridized carbons (Fsp3) is 1.00. The van der Waals surface area contributed by atoms with E-state index in [2.05, 4.69) is 0 Å². The van der Waals surface area contributed by atoms with Crippen LogP contribution in [-0.4, -0.2) is 48.0 Å². The summed E-state index contributed by atoms with van der Waals surface area (Å²) in [4.78, 5) is 1.18. The van der Waals surface area contributed by atoms with Crippen molar-refractivity contribution in [1.29, 1.82) is 0 Å². The molecule has 0 aromatic heterocycles. The molecule has 2 atom stereocenters. The Hall–Kier alpha value is -0.330. The number of aliphatic hydroxyl groups excluding tert-OH is 1. The minimum Gasteiger partial charge on any atom is -0.394 e. The van der Waals surface area contributed by atoms with Gasteiger partial charge in [-0.2, -0.15) is 13.2 Å². The van der Waals surface area contributed by atoms with Gasteiger partial charge >= 0.3 is 6.18 Å². The fourth-order valence-electron chi connectivity index (χ4n) is 1.33. The SMILES string of the molecule is CC(CC(C)(N)CO)N(C)CC(F)(F)F. The van der Waals surface area contributed by atoms with Crippen molar-refractivity contribution in [3.63, 3.8) is 0 Å². The first-order valence-electron chi connectivity index (χ1n) is 4.74. The molecule has 0 spiro atoms. The number of alkyl halides is 3. The molecule has 0 amide bonds. The summed E-state index contributed by atoms with van der Waals surface area (Å²) in [5.41, 5.74) is 4.83. The van der Waals surface area contributed by atoms with Gasteiger partial charge < -0.3 is 10.8 Å². The highest BCUT2D eigenvalue weighted by molar-refractivity contribution is 4.83. The van der Waals surface area contributed by atoms with E-state index >= 15 is 0 Å². The fourth-order valence-corrected chi connectivity index (χ4v) is 1.33. The minimum atomic E-state index is -4.20. The normalized spacial score (nSPS) is 19.0. The van der Waals surface area contributed by atoms with Crippen molar-refractivity contribution in [1.82, 2.24) is 4.90 Å². The van der Waals surface area contributed by atoms with Crippen LogP contribution in [0.15, 0.2) is 0 Å². The second-order valence-electron chi connectivity index (χ2n) is 4.40. The van der Waals surface area contributed by atoms with Crippen molar-refractivity contribution >= 4 is 0 Å². The highest BCUT2D eigenvalue weighted by atomic mass is 19.4. The first-order valence-corrected chi connectivity index (χ1v) is 4.74. The van der Waals surface area contributed by atoms with Crippen LogP contribution in [-0.2, 0) is 0 Å². The van der Waals surface area contributed by atoms with E-state index in [1.54, 1.807) is 13.8 Å². The molecule has 0 fully saturated rings. The molecule has 0 heterocycles. The third-order valence-electron chi connectivity index (χ3n) is 2.30. The molecule has 3 N–H and O–H groups in total. The van der Waals surface area contributed by atoms with Crippen LogP contribution in [0, 0.1) is 0 Å². The lowest BCUT2D eigenvalue weighted by molar-refractivity contribution is -0.147. The van der Waals surface area contributed by atoms with E-state index in [1.807, 2.05) is 0 Å². The molecule has 0 saturated heterocycles. The molecule has 0 saturated carbocycles. The average molecular weight is 228 g/mol. The van der Waals surface area contributed by atoms with Crippen LogP contribution < -0.4 is 5.73 Å². The van der Waals surface area contributed by atoms with Gasteiger partial charge in [-0.15, -0.1) is 0 Å². The van der Waals surface area contributed by atoms with E-state index in [0.717, 1.165) is 0 Å². The number of hydrogen-bond acceptors (Lipinski definition) is 3. The molecule has 3 nitrogen and oxygen atoms in total. The lowest BCUT2D eigenvalue weighted by Crippen LogP contribution is -2.47. The number of nitrogens with two attached hydrogens (primary N) is 1. The maximum absolute atomic E-state index is 12.1. The summed E-state index contributed by atoms with van der Waals surface area (Å²) in [5.74, 6) is 0. The van der Waals surface area contributed by atoms with Crippen molar-refractivity contribution in [3.8, 4) is 0 Å². The molecule has 15 heavy (non-hydrogen) atoms. The number of halogens is 3. The summed E-state index contributed by atoms with van der Waals surface area (Å²) >= 11 is 0. The van der Waals surface area contributed by atoms with Gasteiger partial charge in [0, 0.05) is 11.6 Å². The second-order valence-corrected chi connectivity index (χ2v) is 4.40. The topological polar surface area (TPSA) is 49.5 Å². The second kappa shape index (κ2) is 5.14. The molecule has 0 radical (unpaired) electrons. The summed E-state index contributed by atoms with van der Waals surface area (Å²) in [6.07, 6.45) is -3.89. The third kappa shape index (κ3) is 6.70. The summed E-state index contributed by atoms with van der Waals surface area (Å²) in [6, 6.07) is -0.325. The van der Waals surface area contributed by atoms with Crippen molar-refractivity contribution in [2.24, 2.45) is 5.73 Å². The Morgan fingerprint density at radius 3 is 2.20 bits per heavy atom. The average Bonchev–Trinajstić information content (AvgIpc) is 2.00. The highest BCUT2D eigenvalue weighted by Crippen LogP contribution is 2.19. The van der Waals surface area contributed by atoms with Crippen LogP contribution in [0.5, 0.6) is 0 Å². The Bertz CT molecular complexity index is 194. The predicted molar refractivity (Wildman–Crippen MR) is 52.4 cm³/mol. The summed E-state index contributed by atoms with van der Waals surface area (Å²) in [6.45, 7) is 2.07. The number of hydrogen-bond donors (Lipinski definition) is 2. The molecule has 6 heteroatoms. The molecular weight excluding hydrogens is 209 g/mol. The first-order chi connectivity index (χ1) is 6.57. The Morgan fingerprint density at radius 2 is 1.87 bits per heavy atom. The van der Waals surface area contributed by atoms with Gasteiger partial charge in [-0.25, -0.2) is 0 Å². The largest absolute Gasteiger partial charge is 0.401 e. The maximum Gasteiger partial charge on any atom is 0.401 e. The van der Waals surface area contributed by atoms with Crippen LogP contribution in [0.3, 0.4) is 0 Å².